The minimum atomic E-state index is 0.576. The molecule has 0 amide bonds. The average molecular weight is 201 g/mol. The highest BCUT2D eigenvalue weighted by atomic mass is 79.9. The molecular weight excluding hydrogens is 192 g/mol. The molecule has 3 heteroatoms. The van der Waals surface area contributed by atoms with E-state index in [2.05, 4.69) is 20.9 Å². The fourth-order valence-corrected chi connectivity index (χ4v) is 1.13. The van der Waals surface area contributed by atoms with Gasteiger partial charge in [0, 0.05) is 12.7 Å². The Morgan fingerprint density at radius 3 is 2.90 bits per heavy atom. The molecule has 0 aliphatic rings. The van der Waals surface area contributed by atoms with Crippen molar-refractivity contribution in [3.05, 3.63) is 28.0 Å². The molecule has 0 fully saturated rings. The third-order valence-corrected chi connectivity index (χ3v) is 1.83. The second-order valence-electron chi connectivity index (χ2n) is 2.14. The maximum Gasteiger partial charge on any atom is 0.106 e. The molecule has 10 heavy (non-hydrogen) atoms. The molecule has 0 unspecified atom stereocenters. The van der Waals surface area contributed by atoms with Gasteiger partial charge in [-0.05, 0) is 40.0 Å². The minimum Gasteiger partial charge on any atom is -0.326 e. The monoisotopic (exact) mass is 200 g/mol. The van der Waals surface area contributed by atoms with E-state index in [1.54, 1.807) is 0 Å². The van der Waals surface area contributed by atoms with Gasteiger partial charge < -0.3 is 5.73 Å². The number of aryl methyl sites for hydroxylation is 1. The number of pyridine rings is 1. The lowest BCUT2D eigenvalue weighted by Gasteiger charge is -2.00. The number of nitrogens with two attached hydrogens (primary N) is 1. The molecule has 0 saturated heterocycles. The molecule has 0 aromatic carbocycles. The van der Waals surface area contributed by atoms with Crippen LogP contribution in [0.2, 0.25) is 0 Å². The molecule has 0 aliphatic carbocycles. The van der Waals surface area contributed by atoms with E-state index in [-0.39, 0.29) is 0 Å². The van der Waals surface area contributed by atoms with Crippen LogP contribution in [0.15, 0.2) is 16.9 Å². The fourth-order valence-electron chi connectivity index (χ4n) is 0.756. The number of hydrogen-bond acceptors (Lipinski definition) is 2. The van der Waals surface area contributed by atoms with Gasteiger partial charge in [0.2, 0.25) is 0 Å². The van der Waals surface area contributed by atoms with Gasteiger partial charge in [-0.3, -0.25) is 0 Å². The first-order valence-electron chi connectivity index (χ1n) is 3.05. The van der Waals surface area contributed by atoms with Crippen LogP contribution in [0.25, 0.3) is 0 Å². The van der Waals surface area contributed by atoms with Crippen LogP contribution in [-0.4, -0.2) is 4.98 Å². The second-order valence-corrected chi connectivity index (χ2v) is 2.95. The molecule has 2 nitrogen and oxygen atoms in total. The zero-order valence-corrected chi connectivity index (χ0v) is 7.35. The maximum absolute atomic E-state index is 5.47. The molecule has 0 spiro atoms. The Labute approximate surface area is 68.6 Å². The fraction of sp³-hybridized carbons (Fsp3) is 0.286. The average Bonchev–Trinajstić information content (AvgIpc) is 1.94. The van der Waals surface area contributed by atoms with E-state index in [4.69, 9.17) is 5.73 Å². The van der Waals surface area contributed by atoms with Gasteiger partial charge in [-0.1, -0.05) is 0 Å². The highest BCUT2D eigenvalue weighted by Gasteiger charge is 1.95. The van der Waals surface area contributed by atoms with Crippen molar-refractivity contribution in [3.8, 4) is 0 Å². The van der Waals surface area contributed by atoms with E-state index in [0.29, 0.717) is 6.54 Å². The Morgan fingerprint density at radius 2 is 2.40 bits per heavy atom. The standard InChI is InChI=1S/C7H9BrN2/c1-5-4-10-7(8)2-6(5)3-9/h2,4H,3,9H2,1H3. The van der Waals surface area contributed by atoms with Crippen molar-refractivity contribution in [1.29, 1.82) is 0 Å². The van der Waals surface area contributed by atoms with Crippen molar-refractivity contribution in [2.75, 3.05) is 0 Å². The summed E-state index contributed by atoms with van der Waals surface area (Å²) in [6.07, 6.45) is 1.81. The largest absolute Gasteiger partial charge is 0.326 e. The van der Waals surface area contributed by atoms with E-state index in [1.807, 2.05) is 19.2 Å². The van der Waals surface area contributed by atoms with Gasteiger partial charge in [0.25, 0.3) is 0 Å². The Bertz CT molecular complexity index is 235. The lowest BCUT2D eigenvalue weighted by atomic mass is 10.2. The molecule has 0 radical (unpaired) electrons. The third kappa shape index (κ3) is 1.55. The zero-order valence-electron chi connectivity index (χ0n) is 5.76. The summed E-state index contributed by atoms with van der Waals surface area (Å²) in [5, 5.41) is 0. The smallest absolute Gasteiger partial charge is 0.106 e. The molecular formula is C7H9BrN2. The normalized spacial score (nSPS) is 9.90. The van der Waals surface area contributed by atoms with Crippen molar-refractivity contribution in [1.82, 2.24) is 4.98 Å². The first-order chi connectivity index (χ1) is 4.74. The van der Waals surface area contributed by atoms with Crippen LogP contribution in [0, 0.1) is 6.92 Å². The van der Waals surface area contributed by atoms with Gasteiger partial charge in [0.1, 0.15) is 4.60 Å². The van der Waals surface area contributed by atoms with Crippen LogP contribution < -0.4 is 5.73 Å². The summed E-state index contributed by atoms with van der Waals surface area (Å²) >= 11 is 3.27. The van der Waals surface area contributed by atoms with Crippen LogP contribution in [0.4, 0.5) is 0 Å². The van der Waals surface area contributed by atoms with Crippen LogP contribution in [-0.2, 0) is 6.54 Å². The van der Waals surface area contributed by atoms with Gasteiger partial charge in [-0.25, -0.2) is 4.98 Å². The topological polar surface area (TPSA) is 38.9 Å². The number of hydrogen-bond donors (Lipinski definition) is 1. The Balaban J connectivity index is 3.09. The Kier molecular flexibility index (Phi) is 2.40. The van der Waals surface area contributed by atoms with E-state index < -0.39 is 0 Å². The highest BCUT2D eigenvalue weighted by Crippen LogP contribution is 2.11. The van der Waals surface area contributed by atoms with Gasteiger partial charge in [0.05, 0.1) is 0 Å². The molecule has 54 valence electrons. The van der Waals surface area contributed by atoms with Crippen LogP contribution in [0.1, 0.15) is 11.1 Å². The summed E-state index contributed by atoms with van der Waals surface area (Å²) in [6.45, 7) is 2.58. The van der Waals surface area contributed by atoms with Crippen LogP contribution in [0.5, 0.6) is 0 Å². The molecule has 0 bridgehead atoms. The van der Waals surface area contributed by atoms with Crippen molar-refractivity contribution in [3.63, 3.8) is 0 Å². The second kappa shape index (κ2) is 3.12. The first-order valence-corrected chi connectivity index (χ1v) is 3.84. The lowest BCUT2D eigenvalue weighted by Crippen LogP contribution is -1.99. The van der Waals surface area contributed by atoms with Gasteiger partial charge >= 0.3 is 0 Å². The molecule has 0 saturated carbocycles. The molecule has 2 N–H and O–H groups in total. The summed E-state index contributed by atoms with van der Waals surface area (Å²) in [6, 6.07) is 1.94. The molecule has 1 aromatic heterocycles. The Morgan fingerprint density at radius 1 is 1.70 bits per heavy atom. The van der Waals surface area contributed by atoms with E-state index in [1.165, 1.54) is 0 Å². The summed E-state index contributed by atoms with van der Waals surface area (Å²) < 4.78 is 0.846. The van der Waals surface area contributed by atoms with Crippen LogP contribution in [0.3, 0.4) is 0 Å². The molecule has 1 heterocycles. The lowest BCUT2D eigenvalue weighted by molar-refractivity contribution is 1.02. The van der Waals surface area contributed by atoms with E-state index in [9.17, 15) is 0 Å². The van der Waals surface area contributed by atoms with E-state index >= 15 is 0 Å². The summed E-state index contributed by atoms with van der Waals surface area (Å²) in [4.78, 5) is 4.05. The SMILES string of the molecule is Cc1cnc(Br)cc1CN. The molecule has 0 atom stereocenters. The first kappa shape index (κ1) is 7.69. The number of halogens is 1. The summed E-state index contributed by atoms with van der Waals surface area (Å²) in [7, 11) is 0. The summed E-state index contributed by atoms with van der Waals surface area (Å²) in [5.41, 5.74) is 7.76. The Hall–Kier alpha value is -0.410. The molecule has 1 rings (SSSR count). The molecule has 1 aromatic rings. The van der Waals surface area contributed by atoms with Gasteiger partial charge in [-0.2, -0.15) is 0 Å². The highest BCUT2D eigenvalue weighted by molar-refractivity contribution is 9.10. The van der Waals surface area contributed by atoms with Crippen molar-refractivity contribution in [2.24, 2.45) is 5.73 Å². The van der Waals surface area contributed by atoms with Crippen molar-refractivity contribution >= 4 is 15.9 Å². The van der Waals surface area contributed by atoms with Gasteiger partial charge in [0.15, 0.2) is 0 Å². The number of aromatic nitrogens is 1. The predicted molar refractivity (Wildman–Crippen MR) is 44.6 cm³/mol. The van der Waals surface area contributed by atoms with Crippen LogP contribution >= 0.6 is 15.9 Å². The summed E-state index contributed by atoms with van der Waals surface area (Å²) in [5.74, 6) is 0. The van der Waals surface area contributed by atoms with E-state index in [0.717, 1.165) is 15.7 Å². The van der Waals surface area contributed by atoms with Crippen molar-refractivity contribution in [2.45, 2.75) is 13.5 Å². The minimum absolute atomic E-state index is 0.576. The number of nitrogens with zero attached hydrogens (tertiary/aromatic N) is 1. The maximum atomic E-state index is 5.47. The van der Waals surface area contributed by atoms with Crippen molar-refractivity contribution < 1.29 is 0 Å². The predicted octanol–water partition coefficient (Wildman–Crippen LogP) is 1.61. The number of rotatable bonds is 1. The quantitative estimate of drug-likeness (QED) is 0.701. The zero-order chi connectivity index (χ0) is 7.56. The van der Waals surface area contributed by atoms with Gasteiger partial charge in [-0.15, -0.1) is 0 Å². The molecule has 0 aliphatic heterocycles. The third-order valence-electron chi connectivity index (χ3n) is 1.40.